The molecule has 152 valence electrons. The van der Waals surface area contributed by atoms with Gasteiger partial charge >= 0.3 is 0 Å². The van der Waals surface area contributed by atoms with E-state index < -0.39 is 9.84 Å². The number of thioether (sulfide) groups is 1. The van der Waals surface area contributed by atoms with Gasteiger partial charge in [-0.3, -0.25) is 9.59 Å². The minimum atomic E-state index is -3.01. The van der Waals surface area contributed by atoms with Crippen LogP contribution < -0.4 is 5.56 Å². The fraction of sp³-hybridized carbons (Fsp3) is 0.611. The quantitative estimate of drug-likeness (QED) is 0.759. The van der Waals surface area contributed by atoms with Crippen LogP contribution in [0.25, 0.3) is 10.2 Å². The van der Waals surface area contributed by atoms with Gasteiger partial charge in [-0.2, -0.15) is 0 Å². The third-order valence-electron chi connectivity index (χ3n) is 5.49. The van der Waals surface area contributed by atoms with Gasteiger partial charge in [-0.15, -0.1) is 23.1 Å². The lowest BCUT2D eigenvalue weighted by atomic mass is 9.97. The molecule has 28 heavy (non-hydrogen) atoms. The molecule has 3 heterocycles. The summed E-state index contributed by atoms with van der Waals surface area (Å²) in [6.45, 7) is 0. The van der Waals surface area contributed by atoms with Gasteiger partial charge in [0.1, 0.15) is 10.7 Å². The van der Waals surface area contributed by atoms with Crippen LogP contribution in [0.2, 0.25) is 0 Å². The Balaban J connectivity index is 1.39. The van der Waals surface area contributed by atoms with Crippen molar-refractivity contribution in [2.24, 2.45) is 0 Å². The Bertz CT molecular complexity index is 1070. The fourth-order valence-corrected chi connectivity index (χ4v) is 7.76. The third-order valence-corrected chi connectivity index (χ3v) is 9.35. The number of H-pyrrole nitrogens is 1. The molecular formula is C18H23N3O4S3. The molecule has 1 amide bonds. The number of hydrogen-bond acceptors (Lipinski definition) is 7. The first-order valence-corrected chi connectivity index (χ1v) is 13.2. The molecular weight excluding hydrogens is 418 g/mol. The zero-order chi connectivity index (χ0) is 19.9. The number of sulfone groups is 1. The molecule has 1 N–H and O–H groups in total. The molecule has 2 aromatic rings. The van der Waals surface area contributed by atoms with Crippen molar-refractivity contribution in [1.29, 1.82) is 0 Å². The SMILES string of the molecule is CN(C(=O)CSCc1nc2sc3c(c2c(=O)[nH]1)CCCC3)C1CCS(=O)(=O)C1. The van der Waals surface area contributed by atoms with Crippen LogP contribution in [-0.4, -0.2) is 59.5 Å². The number of carbonyl (C=O) groups is 1. The molecule has 1 aliphatic heterocycles. The summed E-state index contributed by atoms with van der Waals surface area (Å²) in [6.07, 6.45) is 4.76. The van der Waals surface area contributed by atoms with E-state index in [1.807, 2.05) is 0 Å². The number of aromatic amines is 1. The average Bonchev–Trinajstić information content (AvgIpc) is 3.20. The van der Waals surface area contributed by atoms with E-state index in [1.54, 1.807) is 23.3 Å². The van der Waals surface area contributed by atoms with Gasteiger partial charge in [0.05, 0.1) is 28.4 Å². The summed E-state index contributed by atoms with van der Waals surface area (Å²) in [7, 11) is -1.35. The number of aromatic nitrogens is 2. The molecule has 0 radical (unpaired) electrons. The first-order valence-electron chi connectivity index (χ1n) is 9.41. The number of rotatable bonds is 5. The Morgan fingerprint density at radius 1 is 1.36 bits per heavy atom. The monoisotopic (exact) mass is 441 g/mol. The Morgan fingerprint density at radius 2 is 2.14 bits per heavy atom. The lowest BCUT2D eigenvalue weighted by Gasteiger charge is -2.23. The maximum absolute atomic E-state index is 12.5. The highest BCUT2D eigenvalue weighted by Gasteiger charge is 2.32. The second-order valence-corrected chi connectivity index (χ2v) is 11.8. The highest BCUT2D eigenvalue weighted by Crippen LogP contribution is 2.33. The van der Waals surface area contributed by atoms with Crippen molar-refractivity contribution in [1.82, 2.24) is 14.9 Å². The summed E-state index contributed by atoms with van der Waals surface area (Å²) in [6, 6.07) is -0.232. The highest BCUT2D eigenvalue weighted by atomic mass is 32.2. The topological polar surface area (TPSA) is 100 Å². The highest BCUT2D eigenvalue weighted by molar-refractivity contribution is 7.99. The van der Waals surface area contributed by atoms with Crippen LogP contribution in [-0.2, 0) is 33.2 Å². The number of nitrogens with zero attached hydrogens (tertiary/aromatic N) is 2. The average molecular weight is 442 g/mol. The molecule has 7 nitrogen and oxygen atoms in total. The van der Waals surface area contributed by atoms with E-state index in [1.165, 1.54) is 28.6 Å². The predicted molar refractivity (Wildman–Crippen MR) is 113 cm³/mol. The second-order valence-electron chi connectivity index (χ2n) is 7.46. The minimum absolute atomic E-state index is 0.0501. The molecule has 10 heteroatoms. The van der Waals surface area contributed by atoms with Gasteiger partial charge < -0.3 is 9.88 Å². The van der Waals surface area contributed by atoms with Gasteiger partial charge in [0.2, 0.25) is 5.91 Å². The van der Waals surface area contributed by atoms with Crippen molar-refractivity contribution in [3.63, 3.8) is 0 Å². The van der Waals surface area contributed by atoms with Crippen LogP contribution in [0.3, 0.4) is 0 Å². The van der Waals surface area contributed by atoms with Gasteiger partial charge in [0, 0.05) is 18.0 Å². The first kappa shape index (κ1) is 19.9. The van der Waals surface area contributed by atoms with Crippen molar-refractivity contribution >= 4 is 49.1 Å². The van der Waals surface area contributed by atoms with Crippen molar-refractivity contribution in [3.05, 3.63) is 26.6 Å². The number of fused-ring (bicyclic) bond motifs is 3. The van der Waals surface area contributed by atoms with Crippen LogP contribution in [0.1, 0.15) is 35.5 Å². The molecule has 1 fully saturated rings. The summed E-state index contributed by atoms with van der Waals surface area (Å²) < 4.78 is 23.2. The minimum Gasteiger partial charge on any atom is -0.341 e. The van der Waals surface area contributed by atoms with Crippen LogP contribution in [0, 0.1) is 0 Å². The Kier molecular flexibility index (Phi) is 5.54. The molecule has 2 aromatic heterocycles. The number of aryl methyl sites for hydroxylation is 2. The second kappa shape index (κ2) is 7.79. The molecule has 1 atom stereocenters. The van der Waals surface area contributed by atoms with E-state index in [0.717, 1.165) is 29.5 Å². The molecule has 4 rings (SSSR count). The number of amides is 1. The molecule has 0 spiro atoms. The van der Waals surface area contributed by atoms with Gasteiger partial charge in [-0.1, -0.05) is 0 Å². The van der Waals surface area contributed by atoms with Gasteiger partial charge in [0.25, 0.3) is 5.56 Å². The van der Waals surface area contributed by atoms with Crippen LogP contribution in [0.15, 0.2) is 4.79 Å². The summed E-state index contributed by atoms with van der Waals surface area (Å²) in [5, 5.41) is 0.742. The van der Waals surface area contributed by atoms with E-state index in [4.69, 9.17) is 0 Å². The molecule has 2 aliphatic rings. The summed E-state index contributed by atoms with van der Waals surface area (Å²) in [5.74, 6) is 1.36. The maximum Gasteiger partial charge on any atom is 0.259 e. The largest absolute Gasteiger partial charge is 0.341 e. The maximum atomic E-state index is 12.5. The van der Waals surface area contributed by atoms with Crippen molar-refractivity contribution in [3.8, 4) is 0 Å². The van der Waals surface area contributed by atoms with Gasteiger partial charge in [-0.05, 0) is 37.7 Å². The zero-order valence-corrected chi connectivity index (χ0v) is 18.1. The smallest absolute Gasteiger partial charge is 0.259 e. The van der Waals surface area contributed by atoms with Crippen molar-refractivity contribution in [2.75, 3.05) is 24.3 Å². The van der Waals surface area contributed by atoms with Crippen molar-refractivity contribution < 1.29 is 13.2 Å². The van der Waals surface area contributed by atoms with E-state index in [0.29, 0.717) is 18.0 Å². The van der Waals surface area contributed by atoms with Crippen LogP contribution in [0.5, 0.6) is 0 Å². The Hall–Kier alpha value is -1.39. The summed E-state index contributed by atoms with van der Waals surface area (Å²) >= 11 is 3.00. The summed E-state index contributed by atoms with van der Waals surface area (Å²) in [5.41, 5.74) is 1.09. The van der Waals surface area contributed by atoms with Crippen LogP contribution >= 0.6 is 23.1 Å². The van der Waals surface area contributed by atoms with E-state index in [2.05, 4.69) is 9.97 Å². The van der Waals surface area contributed by atoms with Crippen LogP contribution in [0.4, 0.5) is 0 Å². The van der Waals surface area contributed by atoms with Gasteiger partial charge in [0.15, 0.2) is 9.84 Å². The van der Waals surface area contributed by atoms with Gasteiger partial charge in [-0.25, -0.2) is 13.4 Å². The molecule has 0 aromatic carbocycles. The molecule has 0 bridgehead atoms. The molecule has 1 unspecified atom stereocenters. The lowest BCUT2D eigenvalue weighted by Crippen LogP contribution is -2.38. The Labute approximate surface area is 171 Å². The predicted octanol–water partition coefficient (Wildman–Crippen LogP) is 1.74. The lowest BCUT2D eigenvalue weighted by molar-refractivity contribution is -0.128. The number of hydrogen-bond donors (Lipinski definition) is 1. The molecule has 1 saturated heterocycles. The number of thiophene rings is 1. The zero-order valence-electron chi connectivity index (χ0n) is 15.7. The first-order chi connectivity index (χ1) is 13.3. The number of nitrogens with one attached hydrogen (secondary N) is 1. The standard InChI is InChI=1S/C18H23N3O4S3/c1-21(11-6-7-28(24,25)10-11)15(22)9-26-8-14-19-17(23)16-12-4-2-3-5-13(12)27-18(16)20-14/h11H,2-10H2,1H3,(H,19,20,23). The van der Waals surface area contributed by atoms with E-state index in [-0.39, 0.29) is 34.8 Å². The summed E-state index contributed by atoms with van der Waals surface area (Å²) in [4.78, 5) is 36.0. The number of carbonyl (C=O) groups excluding carboxylic acids is 1. The molecule has 0 saturated carbocycles. The third kappa shape index (κ3) is 3.99. The molecule has 1 aliphatic carbocycles. The van der Waals surface area contributed by atoms with Crippen molar-refractivity contribution in [2.45, 2.75) is 43.9 Å². The normalized spacial score (nSPS) is 21.0. The fourth-order valence-electron chi connectivity index (χ4n) is 3.90. The van der Waals surface area contributed by atoms with E-state index in [9.17, 15) is 18.0 Å². The van der Waals surface area contributed by atoms with E-state index >= 15 is 0 Å². The Morgan fingerprint density at radius 3 is 2.89 bits per heavy atom.